The van der Waals surface area contributed by atoms with Gasteiger partial charge in [0, 0.05) is 12.3 Å². The fourth-order valence-corrected chi connectivity index (χ4v) is 7.66. The van der Waals surface area contributed by atoms with Gasteiger partial charge in [0.25, 0.3) is 0 Å². The summed E-state index contributed by atoms with van der Waals surface area (Å²) in [6.45, 7) is 8.53. The van der Waals surface area contributed by atoms with Gasteiger partial charge in [-0.15, -0.1) is 0 Å². The lowest BCUT2D eigenvalue weighted by molar-refractivity contribution is -0.203. The molecule has 0 unspecified atom stereocenters. The second-order valence-corrected chi connectivity index (χ2v) is 13.2. The Kier molecular flexibility index (Phi) is 9.79. The number of allylic oxidation sites excluding steroid dienone is 1. The molecule has 4 N–H and O–H groups in total. The molecule has 1 spiro atoms. The van der Waals surface area contributed by atoms with Gasteiger partial charge in [0.05, 0.1) is 12.0 Å². The summed E-state index contributed by atoms with van der Waals surface area (Å²) >= 11 is 0. The van der Waals surface area contributed by atoms with Crippen LogP contribution in [-0.4, -0.2) is 94.3 Å². The number of aliphatic carboxylic acids is 1. The molecule has 2 fully saturated rings. The zero-order chi connectivity index (χ0) is 32.0. The second kappa shape index (κ2) is 12.0. The first-order chi connectivity index (χ1) is 19.3. The van der Waals surface area contributed by atoms with E-state index in [2.05, 4.69) is 18.7 Å². The number of nitrogens with zero attached hydrogens (tertiary/aromatic N) is 1. The molecule has 2 bridgehead atoms. The molecule has 9 nitrogen and oxygen atoms in total. The Morgan fingerprint density at radius 2 is 1.76 bits per heavy atom. The molecule has 0 heterocycles. The van der Waals surface area contributed by atoms with Gasteiger partial charge >= 0.3 is 18.1 Å². The Balaban J connectivity index is 0.000000616. The number of halogens is 3. The molecule has 0 saturated heterocycles. The lowest BCUT2D eigenvalue weighted by Crippen LogP contribution is -2.65. The van der Waals surface area contributed by atoms with Crippen LogP contribution in [0.25, 0.3) is 0 Å². The van der Waals surface area contributed by atoms with Gasteiger partial charge < -0.3 is 30.1 Å². The van der Waals surface area contributed by atoms with Gasteiger partial charge in [-0.05, 0) is 81.1 Å². The molecule has 0 amide bonds. The Morgan fingerprint density at radius 3 is 2.29 bits per heavy atom. The number of hydrogen-bond acceptors (Lipinski definition) is 8. The van der Waals surface area contributed by atoms with Crippen LogP contribution in [0.3, 0.4) is 0 Å². The molecule has 12 heteroatoms. The van der Waals surface area contributed by atoms with Crippen LogP contribution in [0.2, 0.25) is 0 Å². The van der Waals surface area contributed by atoms with Crippen molar-refractivity contribution in [2.45, 2.75) is 83.8 Å². The van der Waals surface area contributed by atoms with Gasteiger partial charge in [0.1, 0.15) is 6.10 Å². The van der Waals surface area contributed by atoms with Crippen LogP contribution in [-0.2, 0) is 19.1 Å². The van der Waals surface area contributed by atoms with E-state index in [1.165, 1.54) is 0 Å². The number of aliphatic hydroxyl groups is 3. The van der Waals surface area contributed by atoms with Crippen LogP contribution in [0, 0.1) is 34.5 Å². The summed E-state index contributed by atoms with van der Waals surface area (Å²) in [5, 5.41) is 41.1. The molecule has 4 rings (SSSR count). The number of carboxylic acids is 1. The van der Waals surface area contributed by atoms with Crippen LogP contribution in [0.5, 0.6) is 0 Å². The number of carbonyl (C=O) groups excluding carboxylic acids is 2. The third kappa shape index (κ3) is 5.79. The smallest absolute Gasteiger partial charge is 0.475 e. The van der Waals surface area contributed by atoms with E-state index < -0.39 is 53.9 Å². The third-order valence-corrected chi connectivity index (χ3v) is 9.87. The number of ketones is 1. The number of esters is 1. The predicted octanol–water partition coefficient (Wildman–Crippen LogP) is 3.12. The highest BCUT2D eigenvalue weighted by Crippen LogP contribution is 2.71. The van der Waals surface area contributed by atoms with E-state index in [1.807, 2.05) is 21.0 Å². The van der Waals surface area contributed by atoms with E-state index in [0.717, 1.165) is 25.8 Å². The lowest BCUT2D eigenvalue weighted by atomic mass is 9.59. The van der Waals surface area contributed by atoms with E-state index in [4.69, 9.17) is 14.6 Å². The fraction of sp³-hybridized carbons (Fsp3) is 0.767. The molecular formula is C30H44F3NO8. The number of hydrogen-bond donors (Lipinski definition) is 4. The number of Topliss-reactive ketones (excluding diaryl/α,β-unsaturated/α-hetero) is 1. The molecular weight excluding hydrogens is 559 g/mol. The van der Waals surface area contributed by atoms with E-state index in [9.17, 15) is 38.1 Å². The summed E-state index contributed by atoms with van der Waals surface area (Å²) in [5.41, 5.74) is -2.64. The van der Waals surface area contributed by atoms with Gasteiger partial charge in [-0.3, -0.25) is 9.59 Å². The van der Waals surface area contributed by atoms with E-state index in [0.29, 0.717) is 17.9 Å². The van der Waals surface area contributed by atoms with Crippen molar-refractivity contribution >= 4 is 17.7 Å². The van der Waals surface area contributed by atoms with Crippen molar-refractivity contribution in [3.05, 3.63) is 23.3 Å². The van der Waals surface area contributed by atoms with Crippen LogP contribution in [0.4, 0.5) is 13.2 Å². The Morgan fingerprint density at radius 1 is 1.17 bits per heavy atom. The molecule has 4 aliphatic carbocycles. The largest absolute Gasteiger partial charge is 0.490 e. The number of aliphatic hydroxyl groups excluding tert-OH is 2. The SMILES string of the molecule is CC1=C[C@]23C(=O)[C@@H](C=C(CO)[C@@H](O)[C@]2(O)[C@H]1OC(=O)CCCCCN(C)C)[C@H]1[C@@H](C[C@H]3C)C1(C)C.O=C(O)C(F)(F)F. The first-order valence-corrected chi connectivity index (χ1v) is 14.4. The minimum atomic E-state index is -5.08. The molecule has 0 aromatic carbocycles. The highest BCUT2D eigenvalue weighted by Gasteiger charge is 2.76. The monoisotopic (exact) mass is 603 g/mol. The maximum absolute atomic E-state index is 14.3. The summed E-state index contributed by atoms with van der Waals surface area (Å²) in [7, 11) is 4.02. The van der Waals surface area contributed by atoms with Crippen LogP contribution < -0.4 is 0 Å². The number of alkyl halides is 3. The molecule has 42 heavy (non-hydrogen) atoms. The lowest BCUT2D eigenvalue weighted by Gasteiger charge is -2.48. The summed E-state index contributed by atoms with van der Waals surface area (Å²) < 4.78 is 37.6. The van der Waals surface area contributed by atoms with Gasteiger partial charge in [-0.25, -0.2) is 4.79 Å². The number of rotatable bonds is 8. The quantitative estimate of drug-likeness (QED) is 0.187. The minimum absolute atomic E-state index is 0.0174. The topological polar surface area (TPSA) is 145 Å². The standard InChI is InChI=1S/C28H43NO6.C2HF3O2/c1-16-14-27-17(2)12-20-22(26(20,3)4)19(24(27)33)13-18(15-30)23(32)28(27,34)25(16)35-21(31)10-8-7-9-11-29(5)6;3-2(4,5)1(6)7/h13-14,17,19-20,22-23,25,30,32,34H,7-12,15H2,1-6H3;(H,6,7)/t17-,19+,20-,22+,23-,25+,27+,28+;/m1./s1. The second-order valence-electron chi connectivity index (χ2n) is 13.2. The van der Waals surface area contributed by atoms with E-state index >= 15 is 0 Å². The number of carbonyl (C=O) groups is 3. The molecule has 0 aliphatic heterocycles. The number of fused-ring (bicyclic) bond motifs is 3. The summed E-state index contributed by atoms with van der Waals surface area (Å²) in [5.74, 6) is -3.67. The zero-order valence-corrected chi connectivity index (χ0v) is 25.1. The van der Waals surface area contributed by atoms with Gasteiger partial charge in [0.2, 0.25) is 0 Å². The molecule has 4 aliphatic rings. The summed E-state index contributed by atoms with van der Waals surface area (Å²) in [6, 6.07) is 0. The molecule has 0 aromatic heterocycles. The average Bonchev–Trinajstić information content (AvgIpc) is 3.37. The number of ether oxygens (including phenoxy) is 1. The van der Waals surface area contributed by atoms with Crippen molar-refractivity contribution in [3.8, 4) is 0 Å². The minimum Gasteiger partial charge on any atom is -0.475 e. The van der Waals surface area contributed by atoms with Gasteiger partial charge in [-0.1, -0.05) is 39.3 Å². The van der Waals surface area contributed by atoms with Gasteiger partial charge in [-0.2, -0.15) is 13.2 Å². The first kappa shape index (κ1) is 34.2. The van der Waals surface area contributed by atoms with Crippen molar-refractivity contribution in [3.63, 3.8) is 0 Å². The fourth-order valence-electron chi connectivity index (χ4n) is 7.66. The predicted molar refractivity (Wildman–Crippen MR) is 146 cm³/mol. The molecule has 2 saturated carbocycles. The third-order valence-electron chi connectivity index (χ3n) is 9.87. The number of unbranched alkanes of at least 4 members (excludes halogenated alkanes) is 2. The maximum atomic E-state index is 14.3. The molecule has 0 radical (unpaired) electrons. The normalized spacial score (nSPS) is 36.4. The van der Waals surface area contributed by atoms with Crippen molar-refractivity contribution < 1.29 is 52.7 Å². The summed E-state index contributed by atoms with van der Waals surface area (Å²) in [4.78, 5) is 38.1. The maximum Gasteiger partial charge on any atom is 0.490 e. The zero-order valence-electron chi connectivity index (χ0n) is 25.1. The van der Waals surface area contributed by atoms with Crippen molar-refractivity contribution in [1.29, 1.82) is 0 Å². The van der Waals surface area contributed by atoms with Gasteiger partial charge in [0.15, 0.2) is 17.5 Å². The van der Waals surface area contributed by atoms with Crippen LogP contribution in [0.15, 0.2) is 23.3 Å². The average molecular weight is 604 g/mol. The van der Waals surface area contributed by atoms with Crippen molar-refractivity contribution in [2.24, 2.45) is 34.5 Å². The molecule has 8 atom stereocenters. The van der Waals surface area contributed by atoms with Crippen molar-refractivity contribution in [2.75, 3.05) is 27.2 Å². The van der Waals surface area contributed by atoms with Crippen LogP contribution in [0.1, 0.15) is 59.8 Å². The van der Waals surface area contributed by atoms with Crippen molar-refractivity contribution in [1.82, 2.24) is 4.90 Å². The molecule has 0 aromatic rings. The van der Waals surface area contributed by atoms with E-state index in [1.54, 1.807) is 19.1 Å². The Labute approximate surface area is 244 Å². The Hall–Kier alpha value is -2.28. The highest BCUT2D eigenvalue weighted by atomic mass is 19.4. The highest BCUT2D eigenvalue weighted by molar-refractivity contribution is 5.95. The van der Waals surface area contributed by atoms with E-state index in [-0.39, 0.29) is 35.0 Å². The first-order valence-electron chi connectivity index (χ1n) is 14.4. The Bertz CT molecular complexity index is 1130. The van der Waals surface area contributed by atoms with Crippen LogP contribution >= 0.6 is 0 Å². The summed E-state index contributed by atoms with van der Waals surface area (Å²) in [6.07, 6.45) is -0.784. The molecule has 238 valence electrons. The number of carboxylic acid groups (broad SMARTS) is 1.